The number of hydrogen-bond donors (Lipinski definition) is 0. The van der Waals surface area contributed by atoms with E-state index < -0.39 is 0 Å². The first-order valence-electron chi connectivity index (χ1n) is 7.00. The zero-order valence-electron chi connectivity index (χ0n) is 11.4. The standard InChI is InChI=1S/C14H23NO3/c1-10-5-3-7-12(10)13(16)15-8-4-6-11(9-15)14(17)18-2/h10-12H,3-9H2,1-2H3. The molecular weight excluding hydrogens is 230 g/mol. The van der Waals surface area contributed by atoms with Gasteiger partial charge >= 0.3 is 5.97 Å². The fraction of sp³-hybridized carbons (Fsp3) is 0.857. The van der Waals surface area contributed by atoms with Crippen LogP contribution >= 0.6 is 0 Å². The lowest BCUT2D eigenvalue weighted by Gasteiger charge is -2.34. The zero-order valence-corrected chi connectivity index (χ0v) is 11.4. The van der Waals surface area contributed by atoms with Gasteiger partial charge < -0.3 is 9.64 Å². The van der Waals surface area contributed by atoms with Crippen LogP contribution in [0.5, 0.6) is 0 Å². The molecule has 0 spiro atoms. The lowest BCUT2D eigenvalue weighted by molar-refractivity contribution is -0.150. The van der Waals surface area contributed by atoms with Crippen molar-refractivity contribution in [1.29, 1.82) is 0 Å². The smallest absolute Gasteiger partial charge is 0.310 e. The summed E-state index contributed by atoms with van der Waals surface area (Å²) in [5.41, 5.74) is 0. The molecule has 4 heteroatoms. The van der Waals surface area contributed by atoms with Gasteiger partial charge in [0.25, 0.3) is 0 Å². The van der Waals surface area contributed by atoms with Crippen molar-refractivity contribution >= 4 is 11.9 Å². The van der Waals surface area contributed by atoms with E-state index >= 15 is 0 Å². The Morgan fingerprint density at radius 1 is 1.17 bits per heavy atom. The van der Waals surface area contributed by atoms with Gasteiger partial charge in [-0.25, -0.2) is 0 Å². The summed E-state index contributed by atoms with van der Waals surface area (Å²) in [5, 5.41) is 0. The van der Waals surface area contributed by atoms with Crippen LogP contribution in [0.25, 0.3) is 0 Å². The number of carbonyl (C=O) groups is 2. The van der Waals surface area contributed by atoms with Gasteiger partial charge in [-0.3, -0.25) is 9.59 Å². The van der Waals surface area contributed by atoms with Crippen LogP contribution in [0.1, 0.15) is 39.0 Å². The fourth-order valence-corrected chi connectivity index (χ4v) is 3.28. The van der Waals surface area contributed by atoms with Crippen molar-refractivity contribution < 1.29 is 14.3 Å². The van der Waals surface area contributed by atoms with E-state index in [0.29, 0.717) is 12.5 Å². The molecule has 1 amide bonds. The van der Waals surface area contributed by atoms with Gasteiger partial charge in [-0.05, 0) is 31.6 Å². The van der Waals surface area contributed by atoms with Crippen LogP contribution in [0.4, 0.5) is 0 Å². The number of rotatable bonds is 2. The number of piperidine rings is 1. The van der Waals surface area contributed by atoms with E-state index in [-0.39, 0.29) is 23.7 Å². The predicted molar refractivity (Wildman–Crippen MR) is 67.8 cm³/mol. The number of methoxy groups -OCH3 is 1. The monoisotopic (exact) mass is 253 g/mol. The van der Waals surface area contributed by atoms with E-state index in [1.807, 2.05) is 4.90 Å². The van der Waals surface area contributed by atoms with Crippen LogP contribution in [0.2, 0.25) is 0 Å². The molecule has 0 bridgehead atoms. The molecule has 0 radical (unpaired) electrons. The van der Waals surface area contributed by atoms with E-state index in [0.717, 1.165) is 38.6 Å². The third kappa shape index (κ3) is 2.68. The average molecular weight is 253 g/mol. The second kappa shape index (κ2) is 5.72. The van der Waals surface area contributed by atoms with Crippen molar-refractivity contribution in [3.8, 4) is 0 Å². The van der Waals surface area contributed by atoms with Crippen LogP contribution in [-0.2, 0) is 14.3 Å². The normalized spacial score (nSPS) is 32.3. The quantitative estimate of drug-likeness (QED) is 0.705. The van der Waals surface area contributed by atoms with Gasteiger partial charge in [0, 0.05) is 19.0 Å². The van der Waals surface area contributed by atoms with Gasteiger partial charge in [0.15, 0.2) is 0 Å². The van der Waals surface area contributed by atoms with Gasteiger partial charge in [-0.1, -0.05) is 13.3 Å². The molecule has 102 valence electrons. The van der Waals surface area contributed by atoms with E-state index in [1.165, 1.54) is 7.11 Å². The molecule has 2 fully saturated rings. The number of likely N-dealkylation sites (tertiary alicyclic amines) is 1. The number of carbonyl (C=O) groups excluding carboxylic acids is 2. The van der Waals surface area contributed by atoms with Gasteiger partial charge in [-0.2, -0.15) is 0 Å². The third-order valence-corrected chi connectivity index (χ3v) is 4.45. The summed E-state index contributed by atoms with van der Waals surface area (Å²) < 4.78 is 4.79. The summed E-state index contributed by atoms with van der Waals surface area (Å²) >= 11 is 0. The van der Waals surface area contributed by atoms with Gasteiger partial charge in [-0.15, -0.1) is 0 Å². The molecule has 1 heterocycles. The van der Waals surface area contributed by atoms with Crippen LogP contribution < -0.4 is 0 Å². The summed E-state index contributed by atoms with van der Waals surface area (Å²) in [6.07, 6.45) is 5.08. The van der Waals surface area contributed by atoms with E-state index in [2.05, 4.69) is 6.92 Å². The molecule has 3 atom stereocenters. The summed E-state index contributed by atoms with van der Waals surface area (Å²) in [4.78, 5) is 25.9. The molecule has 1 aliphatic heterocycles. The largest absolute Gasteiger partial charge is 0.469 e. The van der Waals surface area contributed by atoms with Crippen LogP contribution in [0, 0.1) is 17.8 Å². The molecule has 1 saturated heterocycles. The third-order valence-electron chi connectivity index (χ3n) is 4.45. The first-order chi connectivity index (χ1) is 8.63. The Kier molecular flexibility index (Phi) is 4.25. The first-order valence-corrected chi connectivity index (χ1v) is 7.00. The number of amides is 1. The molecule has 0 aromatic carbocycles. The van der Waals surface area contributed by atoms with Gasteiger partial charge in [0.1, 0.15) is 0 Å². The topological polar surface area (TPSA) is 46.6 Å². The molecule has 1 aliphatic carbocycles. The Morgan fingerprint density at radius 3 is 2.56 bits per heavy atom. The molecular formula is C14H23NO3. The van der Waals surface area contributed by atoms with Crippen molar-refractivity contribution in [1.82, 2.24) is 4.90 Å². The number of nitrogens with zero attached hydrogens (tertiary/aromatic N) is 1. The molecule has 0 aromatic rings. The predicted octanol–water partition coefficient (Wildman–Crippen LogP) is 1.83. The maximum absolute atomic E-state index is 12.4. The molecule has 4 nitrogen and oxygen atoms in total. The van der Waals surface area contributed by atoms with Crippen LogP contribution in [-0.4, -0.2) is 37.0 Å². The fourth-order valence-electron chi connectivity index (χ4n) is 3.28. The number of esters is 1. The maximum Gasteiger partial charge on any atom is 0.310 e. The minimum Gasteiger partial charge on any atom is -0.469 e. The Bertz CT molecular complexity index is 329. The number of ether oxygens (including phenoxy) is 1. The van der Waals surface area contributed by atoms with Crippen molar-refractivity contribution in [3.63, 3.8) is 0 Å². The zero-order chi connectivity index (χ0) is 13.1. The van der Waals surface area contributed by atoms with Crippen molar-refractivity contribution in [2.75, 3.05) is 20.2 Å². The number of hydrogen-bond acceptors (Lipinski definition) is 3. The van der Waals surface area contributed by atoms with Crippen LogP contribution in [0.15, 0.2) is 0 Å². The Morgan fingerprint density at radius 2 is 1.94 bits per heavy atom. The maximum atomic E-state index is 12.4. The molecule has 2 aliphatic rings. The summed E-state index contributed by atoms with van der Waals surface area (Å²) in [5.74, 6) is 0.641. The second-order valence-electron chi connectivity index (χ2n) is 5.66. The highest BCUT2D eigenvalue weighted by Crippen LogP contribution is 2.33. The van der Waals surface area contributed by atoms with E-state index in [4.69, 9.17) is 4.74 Å². The summed E-state index contributed by atoms with van der Waals surface area (Å²) in [6.45, 7) is 3.52. The second-order valence-corrected chi connectivity index (χ2v) is 5.66. The Hall–Kier alpha value is -1.06. The highest BCUT2D eigenvalue weighted by Gasteiger charge is 2.36. The molecule has 0 N–H and O–H groups in total. The highest BCUT2D eigenvalue weighted by atomic mass is 16.5. The lowest BCUT2D eigenvalue weighted by Crippen LogP contribution is -2.45. The highest BCUT2D eigenvalue weighted by molar-refractivity contribution is 5.81. The van der Waals surface area contributed by atoms with Crippen molar-refractivity contribution in [2.24, 2.45) is 17.8 Å². The molecule has 0 aromatic heterocycles. The molecule has 3 unspecified atom stereocenters. The Balaban J connectivity index is 1.96. The molecule has 2 rings (SSSR count). The SMILES string of the molecule is COC(=O)C1CCCN(C(=O)C2CCCC2C)C1. The van der Waals surface area contributed by atoms with Crippen molar-refractivity contribution in [3.05, 3.63) is 0 Å². The van der Waals surface area contributed by atoms with Crippen molar-refractivity contribution in [2.45, 2.75) is 39.0 Å². The Labute approximate surface area is 109 Å². The van der Waals surface area contributed by atoms with E-state index in [9.17, 15) is 9.59 Å². The molecule has 18 heavy (non-hydrogen) atoms. The minimum atomic E-state index is -0.174. The summed E-state index contributed by atoms with van der Waals surface area (Å²) in [7, 11) is 1.42. The van der Waals surface area contributed by atoms with Gasteiger partial charge in [0.2, 0.25) is 5.91 Å². The summed E-state index contributed by atoms with van der Waals surface area (Å²) in [6, 6.07) is 0. The van der Waals surface area contributed by atoms with E-state index in [1.54, 1.807) is 0 Å². The van der Waals surface area contributed by atoms with Crippen LogP contribution in [0.3, 0.4) is 0 Å². The molecule has 1 saturated carbocycles. The lowest BCUT2D eigenvalue weighted by atomic mass is 9.93. The minimum absolute atomic E-state index is 0.121. The first kappa shape index (κ1) is 13.4. The van der Waals surface area contributed by atoms with Gasteiger partial charge in [0.05, 0.1) is 13.0 Å². The average Bonchev–Trinajstić information content (AvgIpc) is 2.83.